The Morgan fingerprint density at radius 3 is 2.71 bits per heavy atom. The van der Waals surface area contributed by atoms with Crippen LogP contribution in [0.4, 0.5) is 17.2 Å². The molecule has 0 atom stereocenters. The van der Waals surface area contributed by atoms with Gasteiger partial charge in [-0.15, -0.1) is 0 Å². The van der Waals surface area contributed by atoms with Crippen molar-refractivity contribution < 1.29 is 9.66 Å². The lowest BCUT2D eigenvalue weighted by Gasteiger charge is -2.13. The molecule has 4 aromatic rings. The summed E-state index contributed by atoms with van der Waals surface area (Å²) in [5, 5.41) is 16.1. The monoisotopic (exact) mass is 416 g/mol. The van der Waals surface area contributed by atoms with E-state index < -0.39 is 4.92 Å². The average molecular weight is 416 g/mol. The largest absolute Gasteiger partial charge is 0.497 e. The van der Waals surface area contributed by atoms with Gasteiger partial charge in [0, 0.05) is 35.8 Å². The summed E-state index contributed by atoms with van der Waals surface area (Å²) in [7, 11) is 1.59. The Balaban J connectivity index is 1.73. The zero-order valence-electron chi connectivity index (χ0n) is 17.0. The number of nitro benzene ring substituents is 1. The van der Waals surface area contributed by atoms with Gasteiger partial charge in [-0.25, -0.2) is 9.97 Å². The van der Waals surface area contributed by atoms with Crippen molar-refractivity contribution >= 4 is 28.2 Å². The van der Waals surface area contributed by atoms with Gasteiger partial charge in [0.05, 0.1) is 12.0 Å². The Morgan fingerprint density at radius 1 is 1.23 bits per heavy atom. The van der Waals surface area contributed by atoms with E-state index in [0.717, 1.165) is 35.5 Å². The van der Waals surface area contributed by atoms with Crippen LogP contribution in [0.25, 0.3) is 33.5 Å². The molecule has 31 heavy (non-hydrogen) atoms. The first-order valence-electron chi connectivity index (χ1n) is 9.80. The maximum absolute atomic E-state index is 11.9. The number of fused-ring (bicyclic) bond motifs is 3. The smallest absolute Gasteiger partial charge is 0.296 e. The van der Waals surface area contributed by atoms with Gasteiger partial charge in [-0.05, 0) is 42.3 Å². The number of nitrogens with two attached hydrogens (primary N) is 1. The lowest BCUT2D eigenvalue weighted by atomic mass is 9.94. The number of nitrogens with one attached hydrogen (secondary N) is 1. The summed E-state index contributed by atoms with van der Waals surface area (Å²) in [6.07, 6.45) is 1.73. The number of nitrogens with zero attached hydrogens (tertiary/aromatic N) is 4. The summed E-state index contributed by atoms with van der Waals surface area (Å²) in [5.74, 6) is 2.05. The molecule has 0 aliphatic carbocycles. The van der Waals surface area contributed by atoms with Crippen LogP contribution in [0.3, 0.4) is 0 Å². The first-order valence-corrected chi connectivity index (χ1v) is 9.80. The van der Waals surface area contributed by atoms with Crippen molar-refractivity contribution in [1.29, 1.82) is 0 Å². The molecule has 0 saturated carbocycles. The number of hydrogen-bond donors (Lipinski definition) is 2. The predicted molar refractivity (Wildman–Crippen MR) is 119 cm³/mol. The van der Waals surface area contributed by atoms with Crippen LogP contribution in [-0.2, 0) is 6.54 Å². The Labute approximate surface area is 177 Å². The average Bonchev–Trinajstić information content (AvgIpc) is 3.35. The van der Waals surface area contributed by atoms with Gasteiger partial charge >= 0.3 is 0 Å². The molecule has 2 aromatic heterocycles. The zero-order chi connectivity index (χ0) is 21.7. The highest BCUT2D eigenvalue weighted by atomic mass is 16.6. The fraction of sp³-hybridized carbons (Fsp3) is 0.182. The maximum atomic E-state index is 11.9. The predicted octanol–water partition coefficient (Wildman–Crippen LogP) is 4.00. The first-order chi connectivity index (χ1) is 15.0. The minimum atomic E-state index is -0.446. The van der Waals surface area contributed by atoms with Gasteiger partial charge in [0.2, 0.25) is 0 Å². The van der Waals surface area contributed by atoms with E-state index in [-0.39, 0.29) is 11.4 Å². The second-order valence-electron chi connectivity index (χ2n) is 7.43. The van der Waals surface area contributed by atoms with Crippen LogP contribution in [0.2, 0.25) is 0 Å². The van der Waals surface area contributed by atoms with Crippen molar-refractivity contribution in [3.8, 4) is 28.3 Å². The van der Waals surface area contributed by atoms with Crippen molar-refractivity contribution in [3.63, 3.8) is 0 Å². The number of hydrogen-bond acceptors (Lipinski definition) is 7. The number of nitrogen functional groups attached to an aromatic ring is 1. The number of aromatic nitrogens is 3. The van der Waals surface area contributed by atoms with Crippen LogP contribution in [0.5, 0.6) is 5.75 Å². The van der Waals surface area contributed by atoms with Gasteiger partial charge in [-0.2, -0.15) is 0 Å². The quantitative estimate of drug-likeness (QED) is 0.293. The van der Waals surface area contributed by atoms with Crippen molar-refractivity contribution in [1.82, 2.24) is 14.5 Å². The van der Waals surface area contributed by atoms with Gasteiger partial charge < -0.3 is 20.4 Å². The SMILES string of the molecule is COc1ccc(-c2cc(-c3ncc4cc5n(c4n3)CCN5)c(N)c([N+](=O)[O-])c2C)cc1. The Morgan fingerprint density at radius 2 is 2.00 bits per heavy atom. The van der Waals surface area contributed by atoms with Crippen LogP contribution in [-0.4, -0.2) is 33.1 Å². The molecule has 9 nitrogen and oxygen atoms in total. The Kier molecular flexibility index (Phi) is 4.25. The molecule has 0 spiro atoms. The molecule has 0 amide bonds. The molecule has 0 bridgehead atoms. The van der Waals surface area contributed by atoms with E-state index in [1.807, 2.05) is 36.4 Å². The van der Waals surface area contributed by atoms with E-state index in [4.69, 9.17) is 15.5 Å². The number of methoxy groups -OCH3 is 1. The molecule has 0 saturated heterocycles. The second-order valence-corrected chi connectivity index (χ2v) is 7.43. The standard InChI is InChI=1S/C22H20N6O3/c1-12-16(13-3-5-15(31-2)6-4-13)10-17(19(23)20(12)28(29)30)21-25-11-14-9-18-24-7-8-27(18)22(14)26-21/h3-6,9-11,24H,7-8,23H2,1-2H3. The molecular formula is C22H20N6O3. The summed E-state index contributed by atoms with van der Waals surface area (Å²) < 4.78 is 7.30. The molecule has 2 aromatic carbocycles. The first kappa shape index (κ1) is 18.9. The van der Waals surface area contributed by atoms with Crippen molar-refractivity contribution in [2.75, 3.05) is 24.7 Å². The Hall–Kier alpha value is -4.14. The van der Waals surface area contributed by atoms with Gasteiger partial charge in [-0.1, -0.05) is 12.1 Å². The van der Waals surface area contributed by atoms with Crippen molar-refractivity contribution in [3.05, 3.63) is 58.3 Å². The van der Waals surface area contributed by atoms with E-state index in [2.05, 4.69) is 14.9 Å². The minimum Gasteiger partial charge on any atom is -0.497 e. The highest BCUT2D eigenvalue weighted by Gasteiger charge is 2.26. The number of ether oxygens (including phenoxy) is 1. The van der Waals surface area contributed by atoms with Crippen molar-refractivity contribution in [2.45, 2.75) is 13.5 Å². The van der Waals surface area contributed by atoms with Crippen molar-refractivity contribution in [2.24, 2.45) is 0 Å². The molecule has 9 heteroatoms. The van der Waals surface area contributed by atoms with Crippen LogP contribution < -0.4 is 15.8 Å². The second kappa shape index (κ2) is 6.98. The lowest BCUT2D eigenvalue weighted by Crippen LogP contribution is -2.04. The van der Waals surface area contributed by atoms with Gasteiger partial charge in [0.15, 0.2) is 5.82 Å². The molecular weight excluding hydrogens is 396 g/mol. The highest BCUT2D eigenvalue weighted by Crippen LogP contribution is 2.41. The third-order valence-corrected chi connectivity index (χ3v) is 5.69. The van der Waals surface area contributed by atoms with Crippen LogP contribution in [0.15, 0.2) is 42.6 Å². The van der Waals surface area contributed by atoms with Crippen LogP contribution in [0.1, 0.15) is 5.56 Å². The normalized spacial score (nSPS) is 12.6. The third-order valence-electron chi connectivity index (χ3n) is 5.69. The van der Waals surface area contributed by atoms with Gasteiger partial charge in [0.25, 0.3) is 5.69 Å². The van der Waals surface area contributed by atoms with E-state index in [0.29, 0.717) is 28.3 Å². The summed E-state index contributed by atoms with van der Waals surface area (Å²) in [4.78, 5) is 20.6. The van der Waals surface area contributed by atoms with Crippen LogP contribution >= 0.6 is 0 Å². The molecule has 3 heterocycles. The third kappa shape index (κ3) is 2.93. The number of nitro groups is 1. The molecule has 0 fully saturated rings. The molecule has 3 N–H and O–H groups in total. The summed E-state index contributed by atoms with van der Waals surface area (Å²) >= 11 is 0. The highest BCUT2D eigenvalue weighted by molar-refractivity contribution is 5.90. The summed E-state index contributed by atoms with van der Waals surface area (Å²) in [6.45, 7) is 3.34. The zero-order valence-corrected chi connectivity index (χ0v) is 17.0. The van der Waals surface area contributed by atoms with E-state index in [9.17, 15) is 10.1 Å². The number of rotatable bonds is 4. The molecule has 1 aliphatic heterocycles. The minimum absolute atomic E-state index is 0.0606. The molecule has 1 aliphatic rings. The fourth-order valence-electron chi connectivity index (χ4n) is 4.12. The molecule has 0 unspecified atom stereocenters. The summed E-state index contributed by atoms with van der Waals surface area (Å²) in [6, 6.07) is 11.2. The van der Waals surface area contributed by atoms with E-state index in [1.54, 1.807) is 20.2 Å². The Bertz CT molecular complexity index is 1340. The fourth-order valence-corrected chi connectivity index (χ4v) is 4.12. The number of benzene rings is 2. The maximum Gasteiger partial charge on any atom is 0.296 e. The molecule has 156 valence electrons. The van der Waals surface area contributed by atoms with Crippen LogP contribution in [0, 0.1) is 17.0 Å². The number of anilines is 2. The van der Waals surface area contributed by atoms with Gasteiger partial charge in [-0.3, -0.25) is 10.1 Å². The molecule has 0 radical (unpaired) electrons. The summed E-state index contributed by atoms with van der Waals surface area (Å²) in [5.41, 5.74) is 9.43. The topological polar surface area (TPSA) is 121 Å². The van der Waals surface area contributed by atoms with E-state index in [1.165, 1.54) is 0 Å². The van der Waals surface area contributed by atoms with E-state index >= 15 is 0 Å². The molecule has 5 rings (SSSR count). The van der Waals surface area contributed by atoms with Gasteiger partial charge in [0.1, 0.15) is 22.9 Å². The lowest BCUT2D eigenvalue weighted by molar-refractivity contribution is -0.384.